The second-order valence-corrected chi connectivity index (χ2v) is 6.94. The highest BCUT2D eigenvalue weighted by molar-refractivity contribution is 5.65. The summed E-state index contributed by atoms with van der Waals surface area (Å²) in [5.74, 6) is 0.540. The van der Waals surface area contributed by atoms with Crippen LogP contribution in [0.15, 0.2) is 66.9 Å². The highest BCUT2D eigenvalue weighted by Crippen LogP contribution is 2.30. The SMILES string of the molecule is CC1CNCCc2ccc(-c3ncccc3Cc3ccccc3)cc21. The van der Waals surface area contributed by atoms with Crippen LogP contribution in [0.5, 0.6) is 0 Å². The number of rotatable bonds is 3. The van der Waals surface area contributed by atoms with Crippen molar-refractivity contribution in [2.45, 2.75) is 25.7 Å². The molecule has 1 atom stereocenters. The van der Waals surface area contributed by atoms with Crippen LogP contribution in [0.25, 0.3) is 11.3 Å². The van der Waals surface area contributed by atoms with Crippen molar-refractivity contribution in [2.24, 2.45) is 0 Å². The van der Waals surface area contributed by atoms with Gasteiger partial charge in [-0.1, -0.05) is 55.5 Å². The van der Waals surface area contributed by atoms with Crippen molar-refractivity contribution >= 4 is 0 Å². The number of fused-ring (bicyclic) bond motifs is 1. The van der Waals surface area contributed by atoms with Crippen molar-refractivity contribution in [3.8, 4) is 11.3 Å². The zero-order chi connectivity index (χ0) is 17.1. The predicted molar refractivity (Wildman–Crippen MR) is 104 cm³/mol. The van der Waals surface area contributed by atoms with E-state index in [-0.39, 0.29) is 0 Å². The van der Waals surface area contributed by atoms with Crippen LogP contribution in [0.3, 0.4) is 0 Å². The van der Waals surface area contributed by atoms with Gasteiger partial charge in [0.2, 0.25) is 0 Å². The minimum absolute atomic E-state index is 0.540. The summed E-state index contributed by atoms with van der Waals surface area (Å²) in [5.41, 5.74) is 7.90. The van der Waals surface area contributed by atoms with Gasteiger partial charge in [-0.2, -0.15) is 0 Å². The van der Waals surface area contributed by atoms with Crippen LogP contribution < -0.4 is 5.32 Å². The molecule has 0 spiro atoms. The summed E-state index contributed by atoms with van der Waals surface area (Å²) in [6.45, 7) is 4.43. The Labute approximate surface area is 149 Å². The predicted octanol–water partition coefficient (Wildman–Crippen LogP) is 4.59. The fourth-order valence-electron chi connectivity index (χ4n) is 3.74. The van der Waals surface area contributed by atoms with Crippen molar-refractivity contribution in [1.29, 1.82) is 0 Å². The molecule has 4 rings (SSSR count). The lowest BCUT2D eigenvalue weighted by Crippen LogP contribution is -2.18. The molecular formula is C23H24N2. The molecule has 2 nitrogen and oxygen atoms in total. The van der Waals surface area contributed by atoms with E-state index in [0.29, 0.717) is 5.92 Å². The monoisotopic (exact) mass is 328 g/mol. The zero-order valence-corrected chi connectivity index (χ0v) is 14.7. The third kappa shape index (κ3) is 3.49. The standard InChI is InChI=1S/C23H24N2/c1-17-16-24-13-11-19-9-10-21(15-22(17)19)23-20(8-5-12-25-23)14-18-6-3-2-4-7-18/h2-10,12,15,17,24H,11,13-14,16H2,1H3. The highest BCUT2D eigenvalue weighted by atomic mass is 14.9. The topological polar surface area (TPSA) is 24.9 Å². The van der Waals surface area contributed by atoms with Gasteiger partial charge in [0.1, 0.15) is 0 Å². The van der Waals surface area contributed by atoms with E-state index in [0.717, 1.165) is 31.6 Å². The molecule has 0 aliphatic carbocycles. The van der Waals surface area contributed by atoms with Crippen molar-refractivity contribution in [2.75, 3.05) is 13.1 Å². The first-order valence-corrected chi connectivity index (χ1v) is 9.13. The van der Waals surface area contributed by atoms with E-state index in [1.54, 1.807) is 0 Å². The van der Waals surface area contributed by atoms with Gasteiger partial charge in [0, 0.05) is 18.3 Å². The summed E-state index contributed by atoms with van der Waals surface area (Å²) in [6, 6.07) is 21.8. The van der Waals surface area contributed by atoms with Crippen LogP contribution in [-0.2, 0) is 12.8 Å². The number of benzene rings is 2. The quantitative estimate of drug-likeness (QED) is 0.761. The summed E-state index contributed by atoms with van der Waals surface area (Å²) < 4.78 is 0. The molecule has 1 unspecified atom stereocenters. The maximum Gasteiger partial charge on any atom is 0.0737 e. The van der Waals surface area contributed by atoms with Crippen LogP contribution in [0, 0.1) is 0 Å². The molecule has 1 aromatic heterocycles. The average Bonchev–Trinajstić information content (AvgIpc) is 2.84. The molecular weight excluding hydrogens is 304 g/mol. The van der Waals surface area contributed by atoms with Crippen molar-refractivity contribution < 1.29 is 0 Å². The lowest BCUT2D eigenvalue weighted by atomic mass is 9.91. The van der Waals surface area contributed by atoms with E-state index in [2.05, 4.69) is 66.8 Å². The first kappa shape index (κ1) is 16.0. The first-order valence-electron chi connectivity index (χ1n) is 9.13. The molecule has 0 bridgehead atoms. The largest absolute Gasteiger partial charge is 0.316 e. The van der Waals surface area contributed by atoms with Gasteiger partial charge in [-0.25, -0.2) is 0 Å². The lowest BCUT2D eigenvalue weighted by molar-refractivity contribution is 0.644. The normalized spacial score (nSPS) is 16.9. The van der Waals surface area contributed by atoms with Crippen LogP contribution in [0.4, 0.5) is 0 Å². The van der Waals surface area contributed by atoms with Gasteiger partial charge in [0.05, 0.1) is 5.69 Å². The molecule has 2 heterocycles. The Morgan fingerprint density at radius 2 is 1.92 bits per heavy atom. The summed E-state index contributed by atoms with van der Waals surface area (Å²) in [6.07, 6.45) is 3.93. The van der Waals surface area contributed by atoms with Gasteiger partial charge in [-0.15, -0.1) is 0 Å². The Morgan fingerprint density at radius 3 is 2.80 bits per heavy atom. The molecule has 2 aromatic carbocycles. The van der Waals surface area contributed by atoms with Crippen molar-refractivity contribution in [1.82, 2.24) is 10.3 Å². The summed E-state index contributed by atoms with van der Waals surface area (Å²) in [4.78, 5) is 4.73. The van der Waals surface area contributed by atoms with E-state index in [1.165, 1.54) is 27.8 Å². The molecule has 1 N–H and O–H groups in total. The second kappa shape index (κ2) is 7.20. The van der Waals surface area contributed by atoms with E-state index >= 15 is 0 Å². The van der Waals surface area contributed by atoms with Gasteiger partial charge < -0.3 is 5.32 Å². The third-order valence-corrected chi connectivity index (χ3v) is 5.10. The van der Waals surface area contributed by atoms with Crippen LogP contribution in [-0.4, -0.2) is 18.1 Å². The molecule has 2 heteroatoms. The van der Waals surface area contributed by atoms with Gasteiger partial charge in [-0.3, -0.25) is 4.98 Å². The highest BCUT2D eigenvalue weighted by Gasteiger charge is 2.16. The maximum atomic E-state index is 4.73. The molecule has 0 saturated carbocycles. The van der Waals surface area contributed by atoms with Gasteiger partial charge in [0.25, 0.3) is 0 Å². The molecule has 0 radical (unpaired) electrons. The Kier molecular flexibility index (Phi) is 4.62. The fourth-order valence-corrected chi connectivity index (χ4v) is 3.74. The average molecular weight is 328 g/mol. The Bertz CT molecular complexity index is 855. The molecule has 126 valence electrons. The fraction of sp³-hybridized carbons (Fsp3) is 0.261. The number of hydrogen-bond donors (Lipinski definition) is 1. The Hall–Kier alpha value is -2.45. The molecule has 0 saturated heterocycles. The van der Waals surface area contributed by atoms with E-state index in [4.69, 9.17) is 4.98 Å². The zero-order valence-electron chi connectivity index (χ0n) is 14.7. The Morgan fingerprint density at radius 1 is 1.04 bits per heavy atom. The smallest absolute Gasteiger partial charge is 0.0737 e. The van der Waals surface area contributed by atoms with Crippen LogP contribution in [0.2, 0.25) is 0 Å². The van der Waals surface area contributed by atoms with Crippen molar-refractivity contribution in [3.05, 3.63) is 89.1 Å². The summed E-state index contributed by atoms with van der Waals surface area (Å²) in [7, 11) is 0. The molecule has 0 fully saturated rings. The third-order valence-electron chi connectivity index (χ3n) is 5.10. The molecule has 1 aliphatic rings. The molecule has 25 heavy (non-hydrogen) atoms. The van der Waals surface area contributed by atoms with E-state index in [9.17, 15) is 0 Å². The molecule has 3 aromatic rings. The Balaban J connectivity index is 1.73. The minimum atomic E-state index is 0.540. The number of pyridine rings is 1. The van der Waals surface area contributed by atoms with E-state index in [1.807, 2.05) is 12.3 Å². The minimum Gasteiger partial charge on any atom is -0.316 e. The van der Waals surface area contributed by atoms with Gasteiger partial charge >= 0.3 is 0 Å². The maximum absolute atomic E-state index is 4.73. The number of nitrogens with one attached hydrogen (secondary N) is 1. The second-order valence-electron chi connectivity index (χ2n) is 6.94. The van der Waals surface area contributed by atoms with Crippen LogP contribution in [0.1, 0.15) is 35.1 Å². The van der Waals surface area contributed by atoms with Gasteiger partial charge in [0.15, 0.2) is 0 Å². The summed E-state index contributed by atoms with van der Waals surface area (Å²) in [5, 5.41) is 3.53. The first-order chi connectivity index (χ1) is 12.3. The van der Waals surface area contributed by atoms with E-state index < -0.39 is 0 Å². The summed E-state index contributed by atoms with van der Waals surface area (Å²) >= 11 is 0. The number of aromatic nitrogens is 1. The number of hydrogen-bond acceptors (Lipinski definition) is 2. The number of nitrogens with zero attached hydrogens (tertiary/aromatic N) is 1. The van der Waals surface area contributed by atoms with Crippen molar-refractivity contribution in [3.63, 3.8) is 0 Å². The van der Waals surface area contributed by atoms with Gasteiger partial charge in [-0.05, 0) is 59.7 Å². The lowest BCUT2D eigenvalue weighted by Gasteiger charge is -2.15. The molecule has 1 aliphatic heterocycles. The van der Waals surface area contributed by atoms with Crippen LogP contribution >= 0.6 is 0 Å². The molecule has 0 amide bonds.